The van der Waals surface area contributed by atoms with E-state index in [4.69, 9.17) is 4.74 Å². The first kappa shape index (κ1) is 20.7. The van der Waals surface area contributed by atoms with Crippen molar-refractivity contribution < 1.29 is 27.5 Å². The van der Waals surface area contributed by atoms with Crippen LogP contribution in [0.4, 0.5) is 0 Å². The molecule has 0 saturated carbocycles. The summed E-state index contributed by atoms with van der Waals surface area (Å²) >= 11 is 0. The molecule has 9 heteroatoms. The average molecular weight is 416 g/mol. The molecule has 0 aromatic heterocycles. The van der Waals surface area contributed by atoms with E-state index < -0.39 is 34.5 Å². The van der Waals surface area contributed by atoms with Crippen LogP contribution in [-0.2, 0) is 14.8 Å². The first-order valence-electron chi connectivity index (χ1n) is 9.03. The number of sulfonamides is 1. The highest BCUT2D eigenvalue weighted by atomic mass is 32.2. The van der Waals surface area contributed by atoms with Crippen LogP contribution in [0, 0.1) is 0 Å². The van der Waals surface area contributed by atoms with Gasteiger partial charge in [-0.05, 0) is 36.4 Å². The van der Waals surface area contributed by atoms with Gasteiger partial charge < -0.3 is 4.74 Å². The molecule has 2 aromatic carbocycles. The van der Waals surface area contributed by atoms with Crippen molar-refractivity contribution in [1.82, 2.24) is 9.21 Å². The molecular weight excluding hydrogens is 396 g/mol. The Bertz CT molecular complexity index is 1020. The fraction of sp³-hybridized carbons (Fsp3) is 0.250. The Morgan fingerprint density at radius 3 is 1.93 bits per heavy atom. The fourth-order valence-electron chi connectivity index (χ4n) is 3.04. The van der Waals surface area contributed by atoms with E-state index in [9.17, 15) is 22.8 Å². The Labute approximate surface area is 168 Å². The Kier molecular flexibility index (Phi) is 5.81. The van der Waals surface area contributed by atoms with E-state index in [2.05, 4.69) is 0 Å². The number of ether oxygens (including phenoxy) is 1. The van der Waals surface area contributed by atoms with Crippen molar-refractivity contribution in [1.29, 1.82) is 0 Å². The van der Waals surface area contributed by atoms with Gasteiger partial charge in [0.25, 0.3) is 11.8 Å². The number of imide groups is 1. The number of hydrogen-bond donors (Lipinski definition) is 0. The zero-order chi connectivity index (χ0) is 21.2. The van der Waals surface area contributed by atoms with E-state index in [0.717, 1.165) is 4.90 Å². The second-order valence-electron chi connectivity index (χ2n) is 6.26. The van der Waals surface area contributed by atoms with Crippen LogP contribution in [0.15, 0.2) is 53.4 Å². The first-order chi connectivity index (χ1) is 13.8. The SMILES string of the molecule is CCN(CC)S(=O)(=O)c1ccc(C(=O)OCN2C(=O)c3ccccc3C2=O)cc1. The number of nitrogens with zero attached hydrogens (tertiary/aromatic N) is 2. The predicted molar refractivity (Wildman–Crippen MR) is 104 cm³/mol. The number of carbonyl (C=O) groups is 3. The van der Waals surface area contributed by atoms with Crippen LogP contribution in [0.25, 0.3) is 0 Å². The summed E-state index contributed by atoms with van der Waals surface area (Å²) in [6.07, 6.45) is 0. The van der Waals surface area contributed by atoms with E-state index in [1.54, 1.807) is 26.0 Å². The van der Waals surface area contributed by atoms with Crippen molar-refractivity contribution in [3.8, 4) is 0 Å². The van der Waals surface area contributed by atoms with Gasteiger partial charge in [0.2, 0.25) is 10.0 Å². The molecule has 0 aliphatic carbocycles. The van der Waals surface area contributed by atoms with Gasteiger partial charge >= 0.3 is 5.97 Å². The molecule has 3 rings (SSSR count). The molecule has 1 heterocycles. The van der Waals surface area contributed by atoms with E-state index in [1.807, 2.05) is 0 Å². The second kappa shape index (κ2) is 8.14. The lowest BCUT2D eigenvalue weighted by Gasteiger charge is -2.18. The topological polar surface area (TPSA) is 101 Å². The van der Waals surface area contributed by atoms with E-state index >= 15 is 0 Å². The van der Waals surface area contributed by atoms with Crippen LogP contribution in [-0.4, -0.2) is 55.2 Å². The standard InChI is InChI=1S/C20H20N2O6S/c1-3-21(4-2)29(26,27)15-11-9-14(10-12-15)20(25)28-13-22-18(23)16-7-5-6-8-17(16)19(22)24/h5-12H,3-4,13H2,1-2H3. The number of rotatable bonds is 7. The molecule has 1 aliphatic rings. The average Bonchev–Trinajstić information content (AvgIpc) is 2.97. The van der Waals surface area contributed by atoms with Gasteiger partial charge in [-0.15, -0.1) is 0 Å². The molecule has 0 saturated heterocycles. The van der Waals surface area contributed by atoms with Gasteiger partial charge in [-0.25, -0.2) is 18.1 Å². The summed E-state index contributed by atoms with van der Waals surface area (Å²) in [4.78, 5) is 37.7. The number of amides is 2. The molecule has 0 unspecified atom stereocenters. The maximum atomic E-state index is 12.5. The minimum absolute atomic E-state index is 0.0677. The van der Waals surface area contributed by atoms with Crippen LogP contribution >= 0.6 is 0 Å². The second-order valence-corrected chi connectivity index (χ2v) is 8.20. The van der Waals surface area contributed by atoms with Gasteiger partial charge in [-0.1, -0.05) is 26.0 Å². The van der Waals surface area contributed by atoms with Gasteiger partial charge in [0.15, 0.2) is 6.73 Å². The summed E-state index contributed by atoms with van der Waals surface area (Å²) in [6.45, 7) is 3.63. The maximum absolute atomic E-state index is 12.5. The number of fused-ring (bicyclic) bond motifs is 1. The zero-order valence-corrected chi connectivity index (χ0v) is 16.8. The number of hydrogen-bond acceptors (Lipinski definition) is 6. The lowest BCUT2D eigenvalue weighted by molar-refractivity contribution is 0.0228. The van der Waals surface area contributed by atoms with Gasteiger partial charge in [-0.3, -0.25) is 9.59 Å². The van der Waals surface area contributed by atoms with Gasteiger partial charge in [0.1, 0.15) is 0 Å². The molecule has 8 nitrogen and oxygen atoms in total. The lowest BCUT2D eigenvalue weighted by Crippen LogP contribution is -2.33. The Hall–Kier alpha value is -3.04. The van der Waals surface area contributed by atoms with E-state index in [1.165, 1.54) is 40.7 Å². The quantitative estimate of drug-likeness (QED) is 0.506. The molecular formula is C20H20N2O6S. The third-order valence-corrected chi connectivity index (χ3v) is 6.70. The van der Waals surface area contributed by atoms with Crippen LogP contribution < -0.4 is 0 Å². The van der Waals surface area contributed by atoms with Crippen molar-refractivity contribution in [2.75, 3.05) is 19.8 Å². The highest BCUT2D eigenvalue weighted by Gasteiger charge is 2.35. The largest absolute Gasteiger partial charge is 0.440 e. The molecule has 0 fully saturated rings. The highest BCUT2D eigenvalue weighted by molar-refractivity contribution is 7.89. The minimum atomic E-state index is -3.63. The summed E-state index contributed by atoms with van der Waals surface area (Å²) in [5, 5.41) is 0. The number of esters is 1. The molecule has 0 atom stereocenters. The fourth-order valence-corrected chi connectivity index (χ4v) is 4.50. The van der Waals surface area contributed by atoms with Gasteiger partial charge in [0, 0.05) is 13.1 Å². The molecule has 152 valence electrons. The molecule has 1 aliphatic heterocycles. The van der Waals surface area contributed by atoms with Gasteiger partial charge in [-0.2, -0.15) is 4.31 Å². The van der Waals surface area contributed by atoms with Crippen molar-refractivity contribution in [3.05, 3.63) is 65.2 Å². The highest BCUT2D eigenvalue weighted by Crippen LogP contribution is 2.22. The third kappa shape index (κ3) is 3.79. The minimum Gasteiger partial charge on any atom is -0.440 e. The normalized spacial score (nSPS) is 13.7. The smallest absolute Gasteiger partial charge is 0.339 e. The molecule has 0 N–H and O–H groups in total. The lowest BCUT2D eigenvalue weighted by atomic mass is 10.1. The molecule has 0 radical (unpaired) electrons. The molecule has 29 heavy (non-hydrogen) atoms. The molecule has 0 bridgehead atoms. The summed E-state index contributed by atoms with van der Waals surface area (Å²) in [5.41, 5.74) is 0.638. The summed E-state index contributed by atoms with van der Waals surface area (Å²) < 4.78 is 31.4. The zero-order valence-electron chi connectivity index (χ0n) is 16.0. The van der Waals surface area contributed by atoms with Crippen LogP contribution in [0.2, 0.25) is 0 Å². The Balaban J connectivity index is 1.68. The summed E-state index contributed by atoms with van der Waals surface area (Å²) in [7, 11) is -3.63. The van der Waals surface area contributed by atoms with Crippen LogP contribution in [0.5, 0.6) is 0 Å². The van der Waals surface area contributed by atoms with Crippen molar-refractivity contribution in [2.24, 2.45) is 0 Å². The summed E-state index contributed by atoms with van der Waals surface area (Å²) in [5.74, 6) is -1.83. The third-order valence-electron chi connectivity index (χ3n) is 4.64. The molecule has 0 spiro atoms. The number of benzene rings is 2. The Morgan fingerprint density at radius 1 is 0.931 bits per heavy atom. The van der Waals surface area contributed by atoms with Gasteiger partial charge in [0.05, 0.1) is 21.6 Å². The monoisotopic (exact) mass is 416 g/mol. The predicted octanol–water partition coefficient (Wildman–Crippen LogP) is 2.13. The van der Waals surface area contributed by atoms with Crippen LogP contribution in [0.3, 0.4) is 0 Å². The van der Waals surface area contributed by atoms with Crippen molar-refractivity contribution >= 4 is 27.8 Å². The molecule has 2 aromatic rings. The van der Waals surface area contributed by atoms with E-state index in [0.29, 0.717) is 13.1 Å². The molecule has 2 amide bonds. The van der Waals surface area contributed by atoms with Crippen molar-refractivity contribution in [2.45, 2.75) is 18.7 Å². The summed E-state index contributed by atoms with van der Waals surface area (Å²) in [6, 6.07) is 11.7. The van der Waals surface area contributed by atoms with Crippen molar-refractivity contribution in [3.63, 3.8) is 0 Å². The maximum Gasteiger partial charge on any atom is 0.339 e. The first-order valence-corrected chi connectivity index (χ1v) is 10.5. The van der Waals surface area contributed by atoms with Crippen LogP contribution in [0.1, 0.15) is 44.9 Å². The Morgan fingerprint density at radius 2 is 1.45 bits per heavy atom. The number of carbonyl (C=O) groups excluding carboxylic acids is 3. The van der Waals surface area contributed by atoms with E-state index in [-0.39, 0.29) is 21.6 Å².